The zero-order valence-electron chi connectivity index (χ0n) is 12.4. The van der Waals surface area contributed by atoms with E-state index in [0.29, 0.717) is 5.82 Å². The fourth-order valence-electron chi connectivity index (χ4n) is 2.65. The van der Waals surface area contributed by atoms with Crippen LogP contribution in [-0.2, 0) is 0 Å². The molecule has 0 saturated carbocycles. The summed E-state index contributed by atoms with van der Waals surface area (Å²) < 4.78 is 4.29. The highest BCUT2D eigenvalue weighted by atomic mass is 32.1. The van der Waals surface area contributed by atoms with Crippen molar-refractivity contribution in [2.24, 2.45) is 5.92 Å². The topological polar surface area (TPSA) is 67.1 Å². The molecule has 3 rings (SSSR count). The standard InChI is InChI=1S/C14H21N5S2/c1-9-17-11(8-20-9)12-13(15)18-21-14(12)16-7-10-3-5-19(2)6-4-10/h8,10,16H,3-7H2,1-2H3,(H2,15,18). The minimum atomic E-state index is 0.580. The van der Waals surface area contributed by atoms with E-state index in [1.165, 1.54) is 37.5 Å². The molecule has 2 aromatic rings. The van der Waals surface area contributed by atoms with E-state index in [1.807, 2.05) is 6.92 Å². The minimum Gasteiger partial charge on any atom is -0.382 e. The van der Waals surface area contributed by atoms with Crippen molar-refractivity contribution in [3.05, 3.63) is 10.4 Å². The molecule has 0 spiro atoms. The lowest BCUT2D eigenvalue weighted by molar-refractivity contribution is 0.226. The van der Waals surface area contributed by atoms with Gasteiger partial charge >= 0.3 is 0 Å². The first-order chi connectivity index (χ1) is 10.1. The molecule has 21 heavy (non-hydrogen) atoms. The number of aryl methyl sites for hydroxylation is 1. The van der Waals surface area contributed by atoms with E-state index in [2.05, 4.69) is 32.0 Å². The largest absolute Gasteiger partial charge is 0.382 e. The monoisotopic (exact) mass is 323 g/mol. The van der Waals surface area contributed by atoms with E-state index < -0.39 is 0 Å². The number of nitrogens with zero attached hydrogens (tertiary/aromatic N) is 3. The third-order valence-corrected chi connectivity index (χ3v) is 5.58. The molecule has 1 aliphatic rings. The number of aromatic nitrogens is 2. The molecule has 2 aromatic heterocycles. The number of rotatable bonds is 4. The number of nitrogens with one attached hydrogen (secondary N) is 1. The summed E-state index contributed by atoms with van der Waals surface area (Å²) in [5, 5.41) is 7.71. The number of thiazole rings is 1. The van der Waals surface area contributed by atoms with Crippen LogP contribution in [0.1, 0.15) is 17.8 Å². The summed E-state index contributed by atoms with van der Waals surface area (Å²) in [5.41, 5.74) is 7.94. The Bertz CT molecular complexity index is 598. The van der Waals surface area contributed by atoms with Gasteiger partial charge in [-0.2, -0.15) is 4.37 Å². The fourth-order valence-corrected chi connectivity index (χ4v) is 3.99. The van der Waals surface area contributed by atoms with Gasteiger partial charge in [0.25, 0.3) is 0 Å². The van der Waals surface area contributed by atoms with Crippen LogP contribution in [0, 0.1) is 12.8 Å². The van der Waals surface area contributed by atoms with E-state index >= 15 is 0 Å². The number of likely N-dealkylation sites (tertiary alicyclic amines) is 1. The first kappa shape index (κ1) is 14.7. The van der Waals surface area contributed by atoms with Gasteiger partial charge in [-0.15, -0.1) is 11.3 Å². The average molecular weight is 323 g/mol. The number of hydrogen-bond acceptors (Lipinski definition) is 7. The van der Waals surface area contributed by atoms with Gasteiger partial charge in [0.2, 0.25) is 0 Å². The van der Waals surface area contributed by atoms with Crippen molar-refractivity contribution in [2.75, 3.05) is 37.7 Å². The van der Waals surface area contributed by atoms with Gasteiger partial charge in [0.15, 0.2) is 0 Å². The van der Waals surface area contributed by atoms with Crippen molar-refractivity contribution in [1.29, 1.82) is 0 Å². The molecule has 1 fully saturated rings. The third kappa shape index (κ3) is 3.36. The number of hydrogen-bond donors (Lipinski definition) is 2. The Hall–Kier alpha value is -1.18. The van der Waals surface area contributed by atoms with Gasteiger partial charge in [0, 0.05) is 11.9 Å². The summed E-state index contributed by atoms with van der Waals surface area (Å²) in [7, 11) is 2.19. The number of piperidine rings is 1. The van der Waals surface area contributed by atoms with Crippen LogP contribution in [0.3, 0.4) is 0 Å². The Balaban J connectivity index is 1.69. The van der Waals surface area contributed by atoms with Crippen LogP contribution in [0.4, 0.5) is 10.8 Å². The number of nitrogens with two attached hydrogens (primary N) is 1. The highest BCUT2D eigenvalue weighted by molar-refractivity contribution is 7.11. The predicted molar refractivity (Wildman–Crippen MR) is 91.1 cm³/mol. The minimum absolute atomic E-state index is 0.580. The maximum Gasteiger partial charge on any atom is 0.148 e. The van der Waals surface area contributed by atoms with Crippen molar-refractivity contribution >= 4 is 33.7 Å². The Labute approximate surface area is 133 Å². The van der Waals surface area contributed by atoms with Crippen LogP contribution >= 0.6 is 22.9 Å². The predicted octanol–water partition coefficient (Wildman–Crippen LogP) is 2.91. The van der Waals surface area contributed by atoms with Crippen LogP contribution in [0.15, 0.2) is 5.38 Å². The summed E-state index contributed by atoms with van der Waals surface area (Å²) in [6.07, 6.45) is 2.51. The quantitative estimate of drug-likeness (QED) is 0.905. The van der Waals surface area contributed by atoms with Gasteiger partial charge in [0.1, 0.15) is 10.8 Å². The molecule has 114 valence electrons. The second kappa shape index (κ2) is 6.29. The smallest absolute Gasteiger partial charge is 0.148 e. The molecule has 0 aromatic carbocycles. The van der Waals surface area contributed by atoms with Gasteiger partial charge in [-0.25, -0.2) is 4.98 Å². The number of nitrogen functional groups attached to an aromatic ring is 1. The molecule has 0 radical (unpaired) electrons. The molecule has 0 unspecified atom stereocenters. The molecule has 0 amide bonds. The van der Waals surface area contributed by atoms with Crippen LogP contribution in [0.2, 0.25) is 0 Å². The Kier molecular flexibility index (Phi) is 4.42. The summed E-state index contributed by atoms with van der Waals surface area (Å²) in [6, 6.07) is 0. The molecule has 3 N–H and O–H groups in total. The van der Waals surface area contributed by atoms with E-state index in [4.69, 9.17) is 5.73 Å². The van der Waals surface area contributed by atoms with Gasteiger partial charge in [0.05, 0.1) is 16.3 Å². The summed E-state index contributed by atoms with van der Waals surface area (Å²) in [4.78, 5) is 6.93. The van der Waals surface area contributed by atoms with Crippen molar-refractivity contribution in [3.8, 4) is 11.3 Å². The molecule has 3 heterocycles. The maximum absolute atomic E-state index is 6.03. The summed E-state index contributed by atoms with van der Waals surface area (Å²) in [5.74, 6) is 1.31. The summed E-state index contributed by atoms with van der Waals surface area (Å²) >= 11 is 3.08. The molecule has 5 nitrogen and oxygen atoms in total. The molecule has 0 bridgehead atoms. The number of anilines is 2. The Morgan fingerprint density at radius 1 is 1.43 bits per heavy atom. The second-order valence-corrected chi connectivity index (χ2v) is 7.49. The van der Waals surface area contributed by atoms with Crippen LogP contribution < -0.4 is 11.1 Å². The maximum atomic E-state index is 6.03. The normalized spacial score (nSPS) is 17.2. The average Bonchev–Trinajstić information content (AvgIpc) is 3.04. The molecular formula is C14H21N5S2. The Morgan fingerprint density at radius 2 is 2.19 bits per heavy atom. The molecule has 0 aliphatic carbocycles. The van der Waals surface area contributed by atoms with E-state index in [1.54, 1.807) is 11.3 Å². The summed E-state index contributed by atoms with van der Waals surface area (Å²) in [6.45, 7) is 5.38. The van der Waals surface area contributed by atoms with Gasteiger partial charge in [-0.05, 0) is 57.4 Å². The molecule has 7 heteroatoms. The van der Waals surface area contributed by atoms with Crippen molar-refractivity contribution < 1.29 is 0 Å². The third-order valence-electron chi connectivity index (χ3n) is 3.98. The lowest BCUT2D eigenvalue weighted by Gasteiger charge is -2.29. The molecule has 1 aliphatic heterocycles. The Morgan fingerprint density at radius 3 is 2.86 bits per heavy atom. The first-order valence-corrected chi connectivity index (χ1v) is 8.89. The van der Waals surface area contributed by atoms with E-state index in [-0.39, 0.29) is 0 Å². The van der Waals surface area contributed by atoms with Crippen molar-refractivity contribution in [1.82, 2.24) is 14.3 Å². The van der Waals surface area contributed by atoms with Crippen molar-refractivity contribution in [2.45, 2.75) is 19.8 Å². The SMILES string of the molecule is Cc1nc(-c2c(N)nsc2NCC2CCN(C)CC2)cs1. The van der Waals surface area contributed by atoms with Crippen LogP contribution in [-0.4, -0.2) is 40.9 Å². The highest BCUT2D eigenvalue weighted by Crippen LogP contribution is 2.37. The first-order valence-electron chi connectivity index (χ1n) is 7.23. The van der Waals surface area contributed by atoms with Crippen molar-refractivity contribution in [3.63, 3.8) is 0 Å². The van der Waals surface area contributed by atoms with Crippen LogP contribution in [0.25, 0.3) is 11.3 Å². The van der Waals surface area contributed by atoms with Gasteiger partial charge in [-0.1, -0.05) is 0 Å². The fraction of sp³-hybridized carbons (Fsp3) is 0.571. The lowest BCUT2D eigenvalue weighted by atomic mass is 9.97. The van der Waals surface area contributed by atoms with Gasteiger partial charge in [-0.3, -0.25) is 0 Å². The highest BCUT2D eigenvalue weighted by Gasteiger charge is 2.19. The van der Waals surface area contributed by atoms with Gasteiger partial charge < -0.3 is 16.0 Å². The molecule has 0 atom stereocenters. The zero-order chi connectivity index (χ0) is 14.8. The zero-order valence-corrected chi connectivity index (χ0v) is 14.1. The van der Waals surface area contributed by atoms with E-state index in [9.17, 15) is 0 Å². The second-order valence-electron chi connectivity index (χ2n) is 5.65. The van der Waals surface area contributed by atoms with E-state index in [0.717, 1.165) is 33.7 Å². The lowest BCUT2D eigenvalue weighted by Crippen LogP contribution is -2.32. The van der Waals surface area contributed by atoms with Crippen LogP contribution in [0.5, 0.6) is 0 Å². The molecule has 1 saturated heterocycles. The molecular weight excluding hydrogens is 302 g/mol.